The first-order chi connectivity index (χ1) is 8.33. The SMILES string of the molecule is CCOc1nc(NC)nc(N2CCSCC2)n1. The van der Waals surface area contributed by atoms with Gasteiger partial charge < -0.3 is 15.0 Å². The first-order valence-corrected chi connectivity index (χ1v) is 6.88. The van der Waals surface area contributed by atoms with E-state index in [0.717, 1.165) is 24.6 Å². The van der Waals surface area contributed by atoms with Crippen molar-refractivity contribution in [3.63, 3.8) is 0 Å². The first kappa shape index (κ1) is 12.2. The predicted octanol–water partition coefficient (Wildman–Crippen LogP) is 0.865. The van der Waals surface area contributed by atoms with Gasteiger partial charge in [-0.15, -0.1) is 0 Å². The van der Waals surface area contributed by atoms with E-state index in [-0.39, 0.29) is 0 Å². The summed E-state index contributed by atoms with van der Waals surface area (Å²) in [6, 6.07) is 0.389. The van der Waals surface area contributed by atoms with Gasteiger partial charge in [0.05, 0.1) is 6.61 Å². The highest BCUT2D eigenvalue weighted by Crippen LogP contribution is 2.18. The van der Waals surface area contributed by atoms with Gasteiger partial charge in [-0.3, -0.25) is 0 Å². The fourth-order valence-electron chi connectivity index (χ4n) is 1.56. The summed E-state index contributed by atoms with van der Waals surface area (Å²) >= 11 is 1.96. The fraction of sp³-hybridized carbons (Fsp3) is 0.700. The molecule has 7 heteroatoms. The Morgan fingerprint density at radius 2 is 2.06 bits per heavy atom. The Hall–Kier alpha value is -1.24. The molecule has 0 aliphatic carbocycles. The van der Waals surface area contributed by atoms with E-state index in [1.54, 1.807) is 7.05 Å². The van der Waals surface area contributed by atoms with Crippen LogP contribution < -0.4 is 15.0 Å². The van der Waals surface area contributed by atoms with Crippen molar-refractivity contribution >= 4 is 23.7 Å². The lowest BCUT2D eigenvalue weighted by atomic mass is 10.5. The number of nitrogens with one attached hydrogen (secondary N) is 1. The molecule has 0 spiro atoms. The van der Waals surface area contributed by atoms with Crippen LogP contribution in [-0.2, 0) is 0 Å². The van der Waals surface area contributed by atoms with E-state index in [0.29, 0.717) is 24.5 Å². The molecule has 1 aromatic heterocycles. The molecule has 1 aromatic rings. The topological polar surface area (TPSA) is 63.2 Å². The molecule has 0 radical (unpaired) electrons. The van der Waals surface area contributed by atoms with Gasteiger partial charge in [0.25, 0.3) is 0 Å². The lowest BCUT2D eigenvalue weighted by Crippen LogP contribution is -2.34. The Morgan fingerprint density at radius 3 is 2.71 bits per heavy atom. The van der Waals surface area contributed by atoms with Crippen LogP contribution in [0, 0.1) is 0 Å². The molecule has 1 N–H and O–H groups in total. The van der Waals surface area contributed by atoms with Crippen molar-refractivity contribution in [1.82, 2.24) is 15.0 Å². The van der Waals surface area contributed by atoms with Crippen molar-refractivity contribution in [3.05, 3.63) is 0 Å². The average molecular weight is 255 g/mol. The minimum absolute atomic E-state index is 0.389. The number of aromatic nitrogens is 3. The van der Waals surface area contributed by atoms with E-state index < -0.39 is 0 Å². The molecule has 1 saturated heterocycles. The van der Waals surface area contributed by atoms with Crippen LogP contribution >= 0.6 is 11.8 Å². The molecule has 6 nitrogen and oxygen atoms in total. The number of rotatable bonds is 4. The number of thioether (sulfide) groups is 1. The number of anilines is 2. The van der Waals surface area contributed by atoms with E-state index >= 15 is 0 Å². The van der Waals surface area contributed by atoms with Crippen LogP contribution in [0.3, 0.4) is 0 Å². The van der Waals surface area contributed by atoms with E-state index in [2.05, 4.69) is 25.2 Å². The molecule has 1 fully saturated rings. The van der Waals surface area contributed by atoms with E-state index in [1.807, 2.05) is 18.7 Å². The Kier molecular flexibility index (Phi) is 4.24. The van der Waals surface area contributed by atoms with Gasteiger partial charge in [0.15, 0.2) is 0 Å². The van der Waals surface area contributed by atoms with Crippen molar-refractivity contribution < 1.29 is 4.74 Å². The molecular weight excluding hydrogens is 238 g/mol. The van der Waals surface area contributed by atoms with Crippen LogP contribution in [0.5, 0.6) is 6.01 Å². The van der Waals surface area contributed by atoms with Crippen LogP contribution in [0.1, 0.15) is 6.92 Å². The van der Waals surface area contributed by atoms with Crippen molar-refractivity contribution in [2.24, 2.45) is 0 Å². The summed E-state index contributed by atoms with van der Waals surface area (Å²) in [5.41, 5.74) is 0. The second-order valence-electron chi connectivity index (χ2n) is 3.52. The van der Waals surface area contributed by atoms with Crippen LogP contribution in [0.25, 0.3) is 0 Å². The van der Waals surface area contributed by atoms with Crippen molar-refractivity contribution in [2.45, 2.75) is 6.92 Å². The molecular formula is C10H17N5OS. The van der Waals surface area contributed by atoms with Gasteiger partial charge in [0, 0.05) is 31.6 Å². The zero-order chi connectivity index (χ0) is 12.1. The molecule has 1 aliphatic heterocycles. The van der Waals surface area contributed by atoms with E-state index in [1.165, 1.54) is 0 Å². The van der Waals surface area contributed by atoms with Crippen LogP contribution in [-0.4, -0.2) is 53.2 Å². The molecule has 0 bridgehead atoms. The lowest BCUT2D eigenvalue weighted by molar-refractivity contribution is 0.312. The zero-order valence-corrected chi connectivity index (χ0v) is 11.0. The lowest BCUT2D eigenvalue weighted by Gasteiger charge is -2.26. The number of hydrogen-bond donors (Lipinski definition) is 1. The summed E-state index contributed by atoms with van der Waals surface area (Å²) in [5, 5.41) is 2.93. The molecule has 17 heavy (non-hydrogen) atoms. The number of ether oxygens (including phenoxy) is 1. The standard InChI is InChI=1S/C10H17N5OS/c1-3-16-10-13-8(11-2)12-9(14-10)15-4-6-17-7-5-15/h3-7H2,1-2H3,(H,11,12,13,14). The largest absolute Gasteiger partial charge is 0.464 e. The fourth-order valence-corrected chi connectivity index (χ4v) is 2.46. The zero-order valence-electron chi connectivity index (χ0n) is 10.1. The van der Waals surface area contributed by atoms with E-state index in [4.69, 9.17) is 4.74 Å². The molecule has 0 amide bonds. The Labute approximate surface area is 105 Å². The summed E-state index contributed by atoms with van der Waals surface area (Å²) in [7, 11) is 1.79. The smallest absolute Gasteiger partial charge is 0.323 e. The first-order valence-electron chi connectivity index (χ1n) is 5.72. The molecule has 2 rings (SSSR count). The van der Waals surface area contributed by atoms with Gasteiger partial charge in [-0.05, 0) is 6.92 Å². The summed E-state index contributed by atoms with van der Waals surface area (Å²) in [6.45, 7) is 4.43. The van der Waals surface area contributed by atoms with Crippen LogP contribution in [0.4, 0.5) is 11.9 Å². The minimum Gasteiger partial charge on any atom is -0.464 e. The maximum atomic E-state index is 5.35. The van der Waals surface area contributed by atoms with Crippen molar-refractivity contribution in [3.8, 4) is 6.01 Å². The predicted molar refractivity (Wildman–Crippen MR) is 70.1 cm³/mol. The maximum absolute atomic E-state index is 5.35. The maximum Gasteiger partial charge on any atom is 0.323 e. The number of nitrogens with zero attached hydrogens (tertiary/aromatic N) is 4. The van der Waals surface area contributed by atoms with Crippen LogP contribution in [0.15, 0.2) is 0 Å². The minimum atomic E-state index is 0.389. The normalized spacial score (nSPS) is 15.8. The van der Waals surface area contributed by atoms with Crippen molar-refractivity contribution in [1.29, 1.82) is 0 Å². The molecule has 2 heterocycles. The van der Waals surface area contributed by atoms with Gasteiger partial charge >= 0.3 is 6.01 Å². The third-order valence-corrected chi connectivity index (χ3v) is 3.34. The van der Waals surface area contributed by atoms with Gasteiger partial charge in [-0.1, -0.05) is 0 Å². The molecule has 0 saturated carbocycles. The Balaban J connectivity index is 2.21. The Bertz CT molecular complexity index is 370. The third kappa shape index (κ3) is 3.12. The van der Waals surface area contributed by atoms with Gasteiger partial charge in [0.2, 0.25) is 11.9 Å². The quantitative estimate of drug-likeness (QED) is 0.856. The second kappa shape index (κ2) is 5.90. The highest BCUT2D eigenvalue weighted by molar-refractivity contribution is 7.99. The van der Waals surface area contributed by atoms with Gasteiger partial charge in [0.1, 0.15) is 0 Å². The summed E-state index contributed by atoms with van der Waals surface area (Å²) in [5.74, 6) is 3.49. The average Bonchev–Trinajstić information content (AvgIpc) is 2.40. The van der Waals surface area contributed by atoms with E-state index in [9.17, 15) is 0 Å². The highest BCUT2D eigenvalue weighted by atomic mass is 32.2. The van der Waals surface area contributed by atoms with Gasteiger partial charge in [-0.25, -0.2) is 0 Å². The molecule has 0 aromatic carbocycles. The summed E-state index contributed by atoms with van der Waals surface area (Å²) in [4.78, 5) is 15.0. The third-order valence-electron chi connectivity index (χ3n) is 2.39. The van der Waals surface area contributed by atoms with Gasteiger partial charge in [-0.2, -0.15) is 26.7 Å². The molecule has 94 valence electrons. The molecule has 1 aliphatic rings. The summed E-state index contributed by atoms with van der Waals surface area (Å²) < 4.78 is 5.35. The Morgan fingerprint density at radius 1 is 1.29 bits per heavy atom. The van der Waals surface area contributed by atoms with Crippen molar-refractivity contribution in [2.75, 3.05) is 48.5 Å². The summed E-state index contributed by atoms with van der Waals surface area (Å²) in [6.07, 6.45) is 0. The van der Waals surface area contributed by atoms with Crippen LogP contribution in [0.2, 0.25) is 0 Å². The second-order valence-corrected chi connectivity index (χ2v) is 4.75. The highest BCUT2D eigenvalue weighted by Gasteiger charge is 2.16. The molecule has 0 unspecified atom stereocenters. The monoisotopic (exact) mass is 255 g/mol. The molecule has 0 atom stereocenters. The number of hydrogen-bond acceptors (Lipinski definition) is 7.